The Morgan fingerprint density at radius 3 is 3.00 bits per heavy atom. The maximum atomic E-state index is 11.0. The van der Waals surface area contributed by atoms with E-state index < -0.39 is 0 Å². The van der Waals surface area contributed by atoms with Crippen molar-refractivity contribution >= 4 is 0 Å². The summed E-state index contributed by atoms with van der Waals surface area (Å²) in [7, 11) is 1.76. The topological polar surface area (TPSA) is 61.9 Å². The largest absolute Gasteiger partial charge is 0.431 e. The van der Waals surface area contributed by atoms with E-state index in [0.29, 0.717) is 18.3 Å². The zero-order valence-electron chi connectivity index (χ0n) is 6.96. The van der Waals surface area contributed by atoms with Crippen LogP contribution in [0.15, 0.2) is 9.32 Å². The van der Waals surface area contributed by atoms with Crippen LogP contribution in [0.3, 0.4) is 0 Å². The number of aromatic amines is 1. The highest BCUT2D eigenvalue weighted by atomic mass is 16.5. The predicted molar refractivity (Wildman–Crippen MR) is 40.4 cm³/mol. The van der Waals surface area contributed by atoms with Crippen molar-refractivity contribution in [2.75, 3.05) is 0 Å². The molecule has 5 heteroatoms. The lowest BCUT2D eigenvalue weighted by Crippen LogP contribution is -2.39. The summed E-state index contributed by atoms with van der Waals surface area (Å²) in [6, 6.07) is 0.610. The quantitative estimate of drug-likeness (QED) is 0.575. The van der Waals surface area contributed by atoms with Crippen molar-refractivity contribution in [1.82, 2.24) is 10.6 Å². The van der Waals surface area contributed by atoms with Crippen LogP contribution in [0.4, 0.5) is 0 Å². The van der Waals surface area contributed by atoms with Crippen LogP contribution >= 0.6 is 0 Å². The van der Waals surface area contributed by atoms with Crippen LogP contribution < -0.4 is 15.6 Å². The molecule has 0 bridgehead atoms. The molecule has 0 radical (unpaired) electrons. The van der Waals surface area contributed by atoms with Crippen LogP contribution in [0.2, 0.25) is 0 Å². The van der Waals surface area contributed by atoms with Crippen molar-refractivity contribution in [3.8, 4) is 0 Å². The standard InChI is InChI=1S/C7H11N3O2/c1-10-6(7(11)12-9-10)4-8-5-2-3-5/h5,8H,2-4H2,1H3/p+1. The van der Waals surface area contributed by atoms with E-state index in [0.717, 1.165) is 0 Å². The summed E-state index contributed by atoms with van der Waals surface area (Å²) in [5, 5.41) is 5.71. The molecule has 0 aromatic carbocycles. The van der Waals surface area contributed by atoms with Crippen LogP contribution in [0.25, 0.3) is 0 Å². The Balaban J connectivity index is 2.04. The van der Waals surface area contributed by atoms with Gasteiger partial charge in [-0.1, -0.05) is 4.68 Å². The number of aromatic nitrogens is 2. The molecular formula is C7H12N3O2+. The van der Waals surface area contributed by atoms with Gasteiger partial charge in [0.1, 0.15) is 0 Å². The van der Waals surface area contributed by atoms with Gasteiger partial charge in [-0.2, -0.15) is 0 Å². The molecule has 1 aromatic rings. The van der Waals surface area contributed by atoms with Gasteiger partial charge < -0.3 is 5.32 Å². The minimum atomic E-state index is -0.286. The number of nitrogens with one attached hydrogen (secondary N) is 2. The number of H-pyrrole nitrogens is 1. The molecule has 1 aliphatic carbocycles. The van der Waals surface area contributed by atoms with Gasteiger partial charge in [0.15, 0.2) is 7.05 Å². The zero-order valence-corrected chi connectivity index (χ0v) is 6.96. The van der Waals surface area contributed by atoms with Crippen molar-refractivity contribution in [3.05, 3.63) is 16.1 Å². The number of hydrogen-bond donors (Lipinski definition) is 2. The second-order valence-corrected chi connectivity index (χ2v) is 3.14. The zero-order chi connectivity index (χ0) is 8.55. The van der Waals surface area contributed by atoms with E-state index in [1.807, 2.05) is 0 Å². The van der Waals surface area contributed by atoms with E-state index in [2.05, 4.69) is 15.1 Å². The summed E-state index contributed by atoms with van der Waals surface area (Å²) in [5.74, 6) is 0. The van der Waals surface area contributed by atoms with Crippen molar-refractivity contribution in [1.29, 1.82) is 0 Å². The van der Waals surface area contributed by atoms with Crippen LogP contribution in [0.5, 0.6) is 0 Å². The molecular weight excluding hydrogens is 158 g/mol. The van der Waals surface area contributed by atoms with Gasteiger partial charge in [-0.15, -0.1) is 0 Å². The Bertz CT molecular complexity index is 324. The lowest BCUT2D eigenvalue weighted by Gasteiger charge is -1.93. The maximum absolute atomic E-state index is 11.0. The average molecular weight is 170 g/mol. The van der Waals surface area contributed by atoms with Gasteiger partial charge in [0.25, 0.3) is 0 Å². The molecule has 0 unspecified atom stereocenters. The van der Waals surface area contributed by atoms with E-state index in [4.69, 9.17) is 0 Å². The fourth-order valence-electron chi connectivity index (χ4n) is 1.08. The molecule has 2 rings (SSSR count). The van der Waals surface area contributed by atoms with E-state index in [-0.39, 0.29) is 5.63 Å². The second-order valence-electron chi connectivity index (χ2n) is 3.14. The number of nitrogens with zero attached hydrogens (tertiary/aromatic N) is 1. The van der Waals surface area contributed by atoms with Gasteiger partial charge in [0.2, 0.25) is 0 Å². The van der Waals surface area contributed by atoms with Gasteiger partial charge in [-0.3, -0.25) is 4.52 Å². The van der Waals surface area contributed by atoms with Gasteiger partial charge >= 0.3 is 11.3 Å². The van der Waals surface area contributed by atoms with Crippen LogP contribution in [-0.2, 0) is 13.6 Å². The number of rotatable bonds is 3. The number of aryl methyl sites for hydroxylation is 1. The van der Waals surface area contributed by atoms with Crippen LogP contribution in [0.1, 0.15) is 18.5 Å². The van der Waals surface area contributed by atoms with Gasteiger partial charge in [-0.05, 0) is 18.1 Å². The minimum absolute atomic E-state index is 0.286. The molecule has 5 nitrogen and oxygen atoms in total. The fraction of sp³-hybridized carbons (Fsp3) is 0.714. The first kappa shape index (κ1) is 7.54. The third-order valence-electron chi connectivity index (χ3n) is 2.05. The minimum Gasteiger partial charge on any atom is -0.304 e. The molecule has 1 saturated carbocycles. The summed E-state index contributed by atoms with van der Waals surface area (Å²) < 4.78 is 6.19. The fourth-order valence-corrected chi connectivity index (χ4v) is 1.08. The highest BCUT2D eigenvalue weighted by Gasteiger charge is 2.24. The lowest BCUT2D eigenvalue weighted by atomic mass is 10.4. The third-order valence-corrected chi connectivity index (χ3v) is 2.05. The highest BCUT2D eigenvalue weighted by molar-refractivity contribution is 4.87. The van der Waals surface area contributed by atoms with Gasteiger partial charge in [0, 0.05) is 6.04 Å². The first-order chi connectivity index (χ1) is 5.77. The summed E-state index contributed by atoms with van der Waals surface area (Å²) in [6.07, 6.45) is 2.44. The summed E-state index contributed by atoms with van der Waals surface area (Å²) >= 11 is 0. The monoisotopic (exact) mass is 170 g/mol. The third kappa shape index (κ3) is 1.40. The summed E-state index contributed by atoms with van der Waals surface area (Å²) in [6.45, 7) is 0.590. The Kier molecular flexibility index (Phi) is 1.73. The van der Waals surface area contributed by atoms with Crippen LogP contribution in [-0.4, -0.2) is 11.3 Å². The van der Waals surface area contributed by atoms with E-state index in [1.165, 1.54) is 12.8 Å². The predicted octanol–water partition coefficient (Wildman–Crippen LogP) is -0.956. The Hall–Kier alpha value is -1.10. The highest BCUT2D eigenvalue weighted by Crippen LogP contribution is 2.18. The van der Waals surface area contributed by atoms with Crippen molar-refractivity contribution in [2.45, 2.75) is 25.4 Å². The Morgan fingerprint density at radius 2 is 2.50 bits per heavy atom. The molecule has 0 saturated heterocycles. The van der Waals surface area contributed by atoms with Crippen molar-refractivity contribution in [2.24, 2.45) is 7.05 Å². The smallest absolute Gasteiger partial charge is 0.304 e. The molecule has 0 atom stereocenters. The molecule has 12 heavy (non-hydrogen) atoms. The molecule has 1 aliphatic rings. The van der Waals surface area contributed by atoms with Gasteiger partial charge in [-0.25, -0.2) is 4.79 Å². The van der Waals surface area contributed by atoms with Gasteiger partial charge in [0.05, 0.1) is 6.54 Å². The summed E-state index contributed by atoms with van der Waals surface area (Å²) in [5.41, 5.74) is 0.354. The molecule has 0 amide bonds. The molecule has 1 fully saturated rings. The van der Waals surface area contributed by atoms with E-state index in [9.17, 15) is 4.79 Å². The first-order valence-corrected chi connectivity index (χ1v) is 4.07. The van der Waals surface area contributed by atoms with Crippen molar-refractivity contribution < 1.29 is 9.20 Å². The Morgan fingerprint density at radius 1 is 1.75 bits per heavy atom. The van der Waals surface area contributed by atoms with E-state index >= 15 is 0 Å². The summed E-state index contributed by atoms with van der Waals surface area (Å²) in [4.78, 5) is 11.0. The second kappa shape index (κ2) is 2.75. The molecule has 1 aromatic heterocycles. The Labute approximate surface area is 69.3 Å². The average Bonchev–Trinajstić information content (AvgIpc) is 2.80. The SMILES string of the molecule is C[n+]1[nH]oc(=O)c1CNC1CC1. The molecule has 0 spiro atoms. The van der Waals surface area contributed by atoms with Crippen molar-refractivity contribution in [3.63, 3.8) is 0 Å². The van der Waals surface area contributed by atoms with Crippen LogP contribution in [0, 0.1) is 0 Å². The number of hydrogen-bond acceptors (Lipinski definition) is 3. The molecule has 1 heterocycles. The lowest BCUT2D eigenvalue weighted by molar-refractivity contribution is -0.746. The normalized spacial score (nSPS) is 16.8. The first-order valence-electron chi connectivity index (χ1n) is 4.07. The molecule has 0 aliphatic heterocycles. The maximum Gasteiger partial charge on any atom is 0.431 e. The van der Waals surface area contributed by atoms with E-state index in [1.54, 1.807) is 11.7 Å². The molecule has 66 valence electrons. The molecule has 2 N–H and O–H groups in total.